The van der Waals surface area contributed by atoms with E-state index in [1.54, 1.807) is 35.2 Å². The predicted octanol–water partition coefficient (Wildman–Crippen LogP) is 2.74. The molecule has 2 rings (SSSR count). The number of carbonyl (C=O) groups excluding carboxylic acids is 2. The summed E-state index contributed by atoms with van der Waals surface area (Å²) in [5.41, 5.74) is 0.812. The summed E-state index contributed by atoms with van der Waals surface area (Å²) in [7, 11) is 0. The van der Waals surface area contributed by atoms with Gasteiger partial charge in [-0.2, -0.15) is 0 Å². The molecule has 9 heteroatoms. The van der Waals surface area contributed by atoms with Crippen LogP contribution in [0.15, 0.2) is 29.2 Å². The zero-order valence-electron chi connectivity index (χ0n) is 15.2. The number of rotatable bonds is 10. The smallest absolute Gasteiger partial charge is 0.305 e. The molecule has 0 bridgehead atoms. The maximum atomic E-state index is 12.5. The average Bonchev–Trinajstić information content (AvgIpc) is 2.90. The Labute approximate surface area is 172 Å². The predicted molar refractivity (Wildman–Crippen MR) is 112 cm³/mol. The number of hydrogen-bond donors (Lipinski definition) is 3. The molecular weight excluding hydrogens is 400 g/mol. The maximum Gasteiger partial charge on any atom is 0.305 e. The molecule has 150 valence electrons. The molecule has 28 heavy (non-hydrogen) atoms. The second kappa shape index (κ2) is 10.8. The van der Waals surface area contributed by atoms with Gasteiger partial charge >= 0.3 is 5.97 Å². The largest absolute Gasteiger partial charge is 0.508 e. The number of carboxylic acid groups (broad SMARTS) is 1. The molecule has 2 amide bonds. The van der Waals surface area contributed by atoms with Crippen molar-refractivity contribution in [1.29, 1.82) is 0 Å². The summed E-state index contributed by atoms with van der Waals surface area (Å²) in [5, 5.41) is 20.4. The van der Waals surface area contributed by atoms with Crippen LogP contribution in [0.4, 0.5) is 0 Å². The van der Waals surface area contributed by atoms with Crippen LogP contribution < -0.4 is 5.32 Å². The maximum absolute atomic E-state index is 12.5. The number of nitrogens with zero attached hydrogens (tertiary/aromatic N) is 1. The first-order chi connectivity index (χ1) is 13.4. The van der Waals surface area contributed by atoms with Gasteiger partial charge in [-0.3, -0.25) is 19.3 Å². The Morgan fingerprint density at radius 3 is 2.54 bits per heavy atom. The molecule has 1 aromatic rings. The van der Waals surface area contributed by atoms with Gasteiger partial charge in [-0.15, -0.1) is 0 Å². The van der Waals surface area contributed by atoms with E-state index >= 15 is 0 Å². The standard InChI is InChI=1S/C19H22N2O5S2/c22-14-7-5-13(6-8-14)12-15-18(26)21(19(27)28-15)11-3-1-2-4-16(23)20-10-9-17(24)25/h5-8,12,22H,1-4,9-11H2,(H,20,23)(H,24,25)/b15-12-. The topological polar surface area (TPSA) is 107 Å². The molecule has 0 spiro atoms. The van der Waals surface area contributed by atoms with Crippen molar-refractivity contribution in [3.05, 3.63) is 34.7 Å². The number of aliphatic carboxylic acids is 1. The molecule has 1 saturated heterocycles. The Bertz CT molecular complexity index is 777. The van der Waals surface area contributed by atoms with Crippen molar-refractivity contribution < 1.29 is 24.6 Å². The highest BCUT2D eigenvalue weighted by atomic mass is 32.2. The van der Waals surface area contributed by atoms with Gasteiger partial charge in [0, 0.05) is 19.5 Å². The number of hydrogen-bond acceptors (Lipinski definition) is 6. The summed E-state index contributed by atoms with van der Waals surface area (Å²) < 4.78 is 0.515. The van der Waals surface area contributed by atoms with Gasteiger partial charge in [0.25, 0.3) is 5.91 Å². The summed E-state index contributed by atoms with van der Waals surface area (Å²) in [5.74, 6) is -1.07. The quantitative estimate of drug-likeness (QED) is 0.302. The van der Waals surface area contributed by atoms with E-state index < -0.39 is 5.97 Å². The van der Waals surface area contributed by atoms with Crippen molar-refractivity contribution in [3.8, 4) is 5.75 Å². The number of thioether (sulfide) groups is 1. The van der Waals surface area contributed by atoms with E-state index in [1.165, 1.54) is 11.8 Å². The average molecular weight is 423 g/mol. The highest BCUT2D eigenvalue weighted by Gasteiger charge is 2.31. The molecule has 1 heterocycles. The van der Waals surface area contributed by atoms with E-state index in [0.717, 1.165) is 18.4 Å². The summed E-state index contributed by atoms with van der Waals surface area (Å²) in [6.07, 6.45) is 4.15. The number of phenols is 1. The van der Waals surface area contributed by atoms with Crippen molar-refractivity contribution >= 4 is 52.2 Å². The van der Waals surface area contributed by atoms with E-state index in [4.69, 9.17) is 17.3 Å². The van der Waals surface area contributed by atoms with E-state index in [9.17, 15) is 19.5 Å². The lowest BCUT2D eigenvalue weighted by Gasteiger charge is -2.14. The third-order valence-corrected chi connectivity index (χ3v) is 5.39. The molecule has 0 atom stereocenters. The van der Waals surface area contributed by atoms with Gasteiger partial charge in [0.2, 0.25) is 5.91 Å². The number of thiocarbonyl (C=S) groups is 1. The number of carbonyl (C=O) groups is 3. The van der Waals surface area contributed by atoms with Crippen LogP contribution in [-0.2, 0) is 14.4 Å². The molecule has 3 N–H and O–H groups in total. The fraction of sp³-hybridized carbons (Fsp3) is 0.368. The number of phenolic OH excluding ortho intramolecular Hbond substituents is 1. The number of benzene rings is 1. The normalized spacial score (nSPS) is 15.3. The van der Waals surface area contributed by atoms with Crippen LogP contribution >= 0.6 is 24.0 Å². The molecule has 1 aromatic carbocycles. The van der Waals surface area contributed by atoms with Crippen molar-refractivity contribution in [2.75, 3.05) is 13.1 Å². The molecule has 0 unspecified atom stereocenters. The molecule has 0 saturated carbocycles. The van der Waals surface area contributed by atoms with Crippen LogP contribution in [0.3, 0.4) is 0 Å². The number of aromatic hydroxyl groups is 1. The van der Waals surface area contributed by atoms with Gasteiger partial charge in [-0.25, -0.2) is 0 Å². The number of nitrogens with one attached hydrogen (secondary N) is 1. The van der Waals surface area contributed by atoms with Crippen molar-refractivity contribution in [3.63, 3.8) is 0 Å². The van der Waals surface area contributed by atoms with Gasteiger partial charge in [0.15, 0.2) is 0 Å². The monoisotopic (exact) mass is 422 g/mol. The highest BCUT2D eigenvalue weighted by Crippen LogP contribution is 2.32. The van der Waals surface area contributed by atoms with Crippen molar-refractivity contribution in [2.24, 2.45) is 0 Å². The minimum absolute atomic E-state index is 0.0854. The fourth-order valence-electron chi connectivity index (χ4n) is 2.54. The first kappa shape index (κ1) is 21.9. The minimum atomic E-state index is -0.941. The Hall–Kier alpha value is -2.39. The second-order valence-electron chi connectivity index (χ2n) is 6.23. The van der Waals surface area contributed by atoms with Crippen LogP contribution in [0.2, 0.25) is 0 Å². The molecule has 0 radical (unpaired) electrons. The number of unbranched alkanes of at least 4 members (excludes halogenated alkanes) is 2. The lowest BCUT2D eigenvalue weighted by Crippen LogP contribution is -2.29. The summed E-state index contributed by atoms with van der Waals surface area (Å²) >= 11 is 6.55. The zero-order valence-corrected chi connectivity index (χ0v) is 16.9. The van der Waals surface area contributed by atoms with Crippen molar-refractivity contribution in [2.45, 2.75) is 32.1 Å². The van der Waals surface area contributed by atoms with Crippen LogP contribution in [0.25, 0.3) is 6.08 Å². The van der Waals surface area contributed by atoms with E-state index in [-0.39, 0.29) is 30.5 Å². The zero-order chi connectivity index (χ0) is 20.5. The van der Waals surface area contributed by atoms with Crippen LogP contribution in [0.5, 0.6) is 5.75 Å². The lowest BCUT2D eigenvalue weighted by molar-refractivity contribution is -0.137. The Balaban J connectivity index is 1.72. The number of amides is 2. The molecule has 0 aromatic heterocycles. The third kappa shape index (κ3) is 6.97. The lowest BCUT2D eigenvalue weighted by atomic mass is 10.1. The van der Waals surface area contributed by atoms with Crippen LogP contribution in [0, 0.1) is 0 Å². The van der Waals surface area contributed by atoms with E-state index in [0.29, 0.717) is 28.6 Å². The van der Waals surface area contributed by atoms with Crippen LogP contribution in [-0.4, -0.2) is 50.3 Å². The van der Waals surface area contributed by atoms with E-state index in [2.05, 4.69) is 5.32 Å². The Morgan fingerprint density at radius 1 is 1.14 bits per heavy atom. The van der Waals surface area contributed by atoms with Gasteiger partial charge in [0.05, 0.1) is 11.3 Å². The third-order valence-electron chi connectivity index (χ3n) is 4.01. The first-order valence-corrected chi connectivity index (χ1v) is 10.1. The van der Waals surface area contributed by atoms with Gasteiger partial charge < -0.3 is 15.5 Å². The van der Waals surface area contributed by atoms with Crippen LogP contribution in [0.1, 0.15) is 37.7 Å². The molecule has 1 fully saturated rings. The van der Waals surface area contributed by atoms with E-state index in [1.807, 2.05) is 0 Å². The van der Waals surface area contributed by atoms with Gasteiger partial charge in [-0.05, 0) is 36.6 Å². The van der Waals surface area contributed by atoms with Crippen molar-refractivity contribution in [1.82, 2.24) is 10.2 Å². The Morgan fingerprint density at radius 2 is 1.86 bits per heavy atom. The fourth-order valence-corrected chi connectivity index (χ4v) is 3.85. The highest BCUT2D eigenvalue weighted by molar-refractivity contribution is 8.26. The second-order valence-corrected chi connectivity index (χ2v) is 7.90. The molecule has 0 aliphatic carbocycles. The Kier molecular flexibility index (Phi) is 8.46. The first-order valence-electron chi connectivity index (χ1n) is 8.89. The summed E-state index contributed by atoms with van der Waals surface area (Å²) in [6, 6.07) is 6.57. The molecule has 1 aliphatic rings. The minimum Gasteiger partial charge on any atom is -0.508 e. The SMILES string of the molecule is O=C(O)CCNC(=O)CCCCCN1C(=O)/C(=C/c2ccc(O)cc2)SC1=S. The summed E-state index contributed by atoms with van der Waals surface area (Å²) in [4.78, 5) is 36.6. The molecular formula is C19H22N2O5S2. The van der Waals surface area contributed by atoms with Gasteiger partial charge in [0.1, 0.15) is 10.1 Å². The molecule has 1 aliphatic heterocycles. The summed E-state index contributed by atoms with van der Waals surface area (Å²) in [6.45, 7) is 0.635. The van der Waals surface area contributed by atoms with Gasteiger partial charge in [-0.1, -0.05) is 42.5 Å². The molecule has 7 nitrogen and oxygen atoms in total. The number of carboxylic acids is 1.